The summed E-state index contributed by atoms with van der Waals surface area (Å²) in [5.41, 5.74) is 0. The van der Waals surface area contributed by atoms with Crippen molar-refractivity contribution in [3.8, 4) is 0 Å². The van der Waals surface area contributed by atoms with E-state index in [9.17, 15) is 4.79 Å². The molecule has 0 amide bonds. The van der Waals surface area contributed by atoms with Crippen molar-refractivity contribution < 1.29 is 19.4 Å². The van der Waals surface area contributed by atoms with Crippen LogP contribution in [0, 0.1) is 16.7 Å². The molecule has 7 nitrogen and oxygen atoms in total. The molecule has 124 valence electrons. The topological polar surface area (TPSA) is 107 Å². The third-order valence-corrected chi connectivity index (χ3v) is 3.02. The van der Waals surface area contributed by atoms with Gasteiger partial charge >= 0.3 is 5.97 Å². The van der Waals surface area contributed by atoms with Crippen LogP contribution in [0.3, 0.4) is 0 Å². The Morgan fingerprint density at radius 2 is 2.09 bits per heavy atom. The van der Waals surface area contributed by atoms with E-state index in [-0.39, 0.29) is 24.4 Å². The number of nitrogens with zero attached hydrogens (tertiary/aromatic N) is 1. The summed E-state index contributed by atoms with van der Waals surface area (Å²) < 4.78 is 9.61. The first-order valence-corrected chi connectivity index (χ1v) is 6.96. The average molecular weight is 311 g/mol. The number of hydrogen-bond acceptors (Lipinski definition) is 7. The maximum Gasteiger partial charge on any atom is 0.314 e. The third kappa shape index (κ3) is 6.64. The number of ether oxygens (including phenoxy) is 2. The Bertz CT molecular complexity index is 435. The lowest BCUT2D eigenvalue weighted by atomic mass is 9.97. The van der Waals surface area contributed by atoms with Crippen molar-refractivity contribution in [3.05, 3.63) is 24.8 Å². The number of aliphatic hydroxyl groups is 1. The zero-order chi connectivity index (χ0) is 17.1. The zero-order valence-electron chi connectivity index (χ0n) is 13.3. The molecule has 0 spiro atoms. The molecule has 2 unspecified atom stereocenters. The molecule has 0 heterocycles. The quantitative estimate of drug-likeness (QED) is 0.257. The Hall–Kier alpha value is -1.99. The molecule has 0 radical (unpaired) electrons. The first-order valence-electron chi connectivity index (χ1n) is 6.96. The number of rotatable bonds is 9. The van der Waals surface area contributed by atoms with Crippen molar-refractivity contribution in [2.24, 2.45) is 5.92 Å². The van der Waals surface area contributed by atoms with Gasteiger partial charge in [-0.15, -0.1) is 6.58 Å². The number of aliphatic hydroxyl groups excluding tert-OH is 1. The number of carbonyl (C=O) groups is 1. The van der Waals surface area contributed by atoms with Gasteiger partial charge in [0.05, 0.1) is 19.6 Å². The molecule has 0 aliphatic heterocycles. The summed E-state index contributed by atoms with van der Waals surface area (Å²) in [4.78, 5) is 13.9. The van der Waals surface area contributed by atoms with Crippen molar-refractivity contribution in [1.29, 1.82) is 10.8 Å². The van der Waals surface area contributed by atoms with Gasteiger partial charge < -0.3 is 14.6 Å². The van der Waals surface area contributed by atoms with Gasteiger partial charge in [0.25, 0.3) is 0 Å². The van der Waals surface area contributed by atoms with E-state index in [0.717, 1.165) is 0 Å². The SMILES string of the molecule is C=CC(C(/C=C/C(=N)OC(C)=N)C(=O)OC)N(CC)CCO. The highest BCUT2D eigenvalue weighted by molar-refractivity contribution is 5.94. The molecule has 0 aromatic heterocycles. The molecular formula is C15H25N3O4. The van der Waals surface area contributed by atoms with Crippen LogP contribution in [0.25, 0.3) is 0 Å². The highest BCUT2D eigenvalue weighted by Gasteiger charge is 2.29. The standard InChI is InChI=1S/C15H25N3O4/c1-5-13(18(6-2)9-10-19)12(15(20)21-4)7-8-14(17)22-11(3)16/h5,7-8,12-13,16-17,19H,1,6,9-10H2,2-4H3/b8-7+,16-11?,17-14?. The molecule has 0 saturated heterocycles. The van der Waals surface area contributed by atoms with Gasteiger partial charge in [0.2, 0.25) is 5.90 Å². The van der Waals surface area contributed by atoms with Crippen molar-refractivity contribution in [2.45, 2.75) is 19.9 Å². The number of methoxy groups -OCH3 is 1. The predicted octanol–water partition coefficient (Wildman–Crippen LogP) is 1.19. The minimum absolute atomic E-state index is 0.0400. The second-order valence-corrected chi connectivity index (χ2v) is 4.51. The van der Waals surface area contributed by atoms with E-state index < -0.39 is 11.9 Å². The van der Waals surface area contributed by atoms with Crippen LogP contribution in [0.4, 0.5) is 0 Å². The Morgan fingerprint density at radius 1 is 1.45 bits per heavy atom. The molecule has 0 aromatic carbocycles. The molecule has 22 heavy (non-hydrogen) atoms. The van der Waals surface area contributed by atoms with Crippen molar-refractivity contribution in [2.75, 3.05) is 26.8 Å². The smallest absolute Gasteiger partial charge is 0.314 e. The molecule has 3 N–H and O–H groups in total. The minimum atomic E-state index is -0.691. The summed E-state index contributed by atoms with van der Waals surface area (Å²) in [6.07, 6.45) is 4.41. The van der Waals surface area contributed by atoms with Gasteiger partial charge in [-0.25, -0.2) is 0 Å². The van der Waals surface area contributed by atoms with E-state index in [1.165, 1.54) is 26.2 Å². The number of nitrogens with one attached hydrogen (secondary N) is 2. The van der Waals surface area contributed by atoms with Crippen LogP contribution in [0.1, 0.15) is 13.8 Å². The van der Waals surface area contributed by atoms with Gasteiger partial charge in [-0.3, -0.25) is 20.5 Å². The fourth-order valence-corrected chi connectivity index (χ4v) is 2.03. The summed E-state index contributed by atoms with van der Waals surface area (Å²) in [5.74, 6) is -1.52. The predicted molar refractivity (Wildman–Crippen MR) is 85.2 cm³/mol. The molecule has 0 saturated carbocycles. The molecular weight excluding hydrogens is 286 g/mol. The summed E-state index contributed by atoms with van der Waals surface area (Å²) in [6.45, 7) is 8.03. The van der Waals surface area contributed by atoms with Gasteiger partial charge in [-0.1, -0.05) is 19.1 Å². The van der Waals surface area contributed by atoms with E-state index in [1.807, 2.05) is 11.8 Å². The Kier molecular flexibility index (Phi) is 9.73. The Labute approximate surface area is 131 Å². The van der Waals surface area contributed by atoms with Crippen LogP contribution < -0.4 is 0 Å². The van der Waals surface area contributed by atoms with Crippen LogP contribution in [0.5, 0.6) is 0 Å². The summed E-state index contributed by atoms with van der Waals surface area (Å²) in [5, 5.41) is 23.8. The van der Waals surface area contributed by atoms with Crippen LogP contribution in [-0.2, 0) is 14.3 Å². The van der Waals surface area contributed by atoms with E-state index >= 15 is 0 Å². The fraction of sp³-hybridized carbons (Fsp3) is 0.533. The van der Waals surface area contributed by atoms with E-state index in [2.05, 4.69) is 6.58 Å². The second-order valence-electron chi connectivity index (χ2n) is 4.51. The molecule has 0 fully saturated rings. The molecule has 2 atom stereocenters. The highest BCUT2D eigenvalue weighted by atomic mass is 16.5. The molecule has 0 aliphatic rings. The minimum Gasteiger partial charge on any atom is -0.469 e. The molecule has 7 heteroatoms. The lowest BCUT2D eigenvalue weighted by molar-refractivity contribution is -0.145. The Morgan fingerprint density at radius 3 is 2.50 bits per heavy atom. The van der Waals surface area contributed by atoms with Crippen molar-refractivity contribution >= 4 is 17.8 Å². The van der Waals surface area contributed by atoms with Crippen LogP contribution in [-0.4, -0.2) is 60.6 Å². The molecule has 0 rings (SSSR count). The number of carbonyl (C=O) groups excluding carboxylic acids is 1. The molecule has 0 bridgehead atoms. The average Bonchev–Trinajstić information content (AvgIpc) is 2.48. The van der Waals surface area contributed by atoms with Crippen LogP contribution in [0.15, 0.2) is 24.8 Å². The van der Waals surface area contributed by atoms with Crippen LogP contribution in [0.2, 0.25) is 0 Å². The monoisotopic (exact) mass is 311 g/mol. The largest absolute Gasteiger partial charge is 0.469 e. The fourth-order valence-electron chi connectivity index (χ4n) is 2.03. The normalized spacial score (nSPS) is 13.7. The summed E-state index contributed by atoms with van der Waals surface area (Å²) >= 11 is 0. The van der Waals surface area contributed by atoms with Gasteiger partial charge in [0.1, 0.15) is 0 Å². The summed E-state index contributed by atoms with van der Waals surface area (Å²) in [6, 6.07) is -0.380. The number of esters is 1. The number of likely N-dealkylation sites (N-methyl/N-ethyl adjacent to an activating group) is 1. The van der Waals surface area contributed by atoms with Gasteiger partial charge in [0, 0.05) is 19.5 Å². The van der Waals surface area contributed by atoms with Gasteiger partial charge in [-0.05, 0) is 12.6 Å². The lowest BCUT2D eigenvalue weighted by Gasteiger charge is -2.31. The van der Waals surface area contributed by atoms with Gasteiger partial charge in [-0.2, -0.15) is 0 Å². The van der Waals surface area contributed by atoms with Crippen molar-refractivity contribution in [1.82, 2.24) is 4.90 Å². The molecule has 0 aromatic rings. The maximum atomic E-state index is 12.0. The first-order chi connectivity index (χ1) is 10.4. The zero-order valence-corrected chi connectivity index (χ0v) is 13.3. The van der Waals surface area contributed by atoms with E-state index in [1.54, 1.807) is 6.08 Å². The van der Waals surface area contributed by atoms with Crippen LogP contribution >= 0.6 is 0 Å². The number of hydrogen-bond donors (Lipinski definition) is 3. The molecule has 0 aliphatic carbocycles. The first kappa shape index (κ1) is 20.0. The second kappa shape index (κ2) is 10.7. The highest BCUT2D eigenvalue weighted by Crippen LogP contribution is 2.16. The third-order valence-electron chi connectivity index (χ3n) is 3.02. The van der Waals surface area contributed by atoms with E-state index in [0.29, 0.717) is 13.1 Å². The summed E-state index contributed by atoms with van der Waals surface area (Å²) in [7, 11) is 1.29. The lowest BCUT2D eigenvalue weighted by Crippen LogP contribution is -2.43. The van der Waals surface area contributed by atoms with Gasteiger partial charge in [0.15, 0.2) is 5.90 Å². The Balaban J connectivity index is 5.27. The van der Waals surface area contributed by atoms with E-state index in [4.69, 9.17) is 25.4 Å². The van der Waals surface area contributed by atoms with Crippen molar-refractivity contribution in [3.63, 3.8) is 0 Å². The maximum absolute atomic E-state index is 12.0.